The Morgan fingerprint density at radius 1 is 0.905 bits per heavy atom. The van der Waals surface area contributed by atoms with E-state index in [0.29, 0.717) is 39.8 Å². The smallest absolute Gasteiger partial charge is 0.264 e. The van der Waals surface area contributed by atoms with E-state index in [1.807, 2.05) is 39.8 Å². The number of halogens is 2. The number of sulfonamides is 1. The van der Waals surface area contributed by atoms with Crippen LogP contribution in [0.4, 0.5) is 5.69 Å². The summed E-state index contributed by atoms with van der Waals surface area (Å²) in [5.74, 6) is -0.690. The van der Waals surface area contributed by atoms with Crippen LogP contribution in [-0.2, 0) is 26.2 Å². The fourth-order valence-electron chi connectivity index (χ4n) is 4.53. The molecule has 0 radical (unpaired) electrons. The molecular formula is C32H39Cl2N3O4S. The second-order valence-corrected chi connectivity index (χ2v) is 13.6. The quantitative estimate of drug-likeness (QED) is 0.241. The van der Waals surface area contributed by atoms with Gasteiger partial charge in [0.2, 0.25) is 11.8 Å². The molecule has 1 unspecified atom stereocenters. The topological polar surface area (TPSA) is 86.8 Å². The van der Waals surface area contributed by atoms with Crippen molar-refractivity contribution >= 4 is 50.7 Å². The molecule has 1 atom stereocenters. The lowest BCUT2D eigenvalue weighted by Crippen LogP contribution is -2.52. The van der Waals surface area contributed by atoms with E-state index in [-0.39, 0.29) is 23.3 Å². The Morgan fingerprint density at radius 2 is 1.50 bits per heavy atom. The molecule has 0 aliphatic carbocycles. The number of anilines is 1. The Bertz CT molecular complexity index is 1500. The van der Waals surface area contributed by atoms with Crippen LogP contribution in [-0.4, -0.2) is 44.3 Å². The van der Waals surface area contributed by atoms with E-state index in [9.17, 15) is 18.0 Å². The molecule has 42 heavy (non-hydrogen) atoms. The van der Waals surface area contributed by atoms with Crippen LogP contribution in [0, 0.1) is 26.7 Å². The van der Waals surface area contributed by atoms with Crippen molar-refractivity contribution in [3.63, 3.8) is 0 Å². The minimum Gasteiger partial charge on any atom is -0.354 e. The van der Waals surface area contributed by atoms with Gasteiger partial charge in [-0.05, 0) is 74.6 Å². The Kier molecular flexibility index (Phi) is 11.5. The average molecular weight is 633 g/mol. The van der Waals surface area contributed by atoms with Crippen molar-refractivity contribution in [2.24, 2.45) is 5.92 Å². The Balaban J connectivity index is 2.13. The lowest BCUT2D eigenvalue weighted by molar-refractivity contribution is -0.140. The number of aryl methyl sites for hydroxylation is 3. The fraction of sp³-hybridized carbons (Fsp3) is 0.375. The molecule has 0 saturated heterocycles. The van der Waals surface area contributed by atoms with Crippen LogP contribution in [0.5, 0.6) is 0 Å². The number of carbonyl (C=O) groups excluding carboxylic acids is 2. The van der Waals surface area contributed by atoms with Gasteiger partial charge in [0.05, 0.1) is 10.6 Å². The van der Waals surface area contributed by atoms with Gasteiger partial charge in [-0.15, -0.1) is 0 Å². The van der Waals surface area contributed by atoms with Gasteiger partial charge in [-0.2, -0.15) is 0 Å². The summed E-state index contributed by atoms with van der Waals surface area (Å²) < 4.78 is 29.4. The molecule has 1 N–H and O–H groups in total. The maximum atomic E-state index is 14.3. The van der Waals surface area contributed by atoms with Crippen LogP contribution >= 0.6 is 23.2 Å². The molecule has 0 aromatic heterocycles. The zero-order valence-electron chi connectivity index (χ0n) is 24.9. The first-order valence-electron chi connectivity index (χ1n) is 13.9. The van der Waals surface area contributed by atoms with Gasteiger partial charge in [-0.1, -0.05) is 79.9 Å². The predicted molar refractivity (Wildman–Crippen MR) is 171 cm³/mol. The lowest BCUT2D eigenvalue weighted by atomic mass is 10.1. The number of nitrogens with one attached hydrogen (secondary N) is 1. The van der Waals surface area contributed by atoms with Gasteiger partial charge in [0, 0.05) is 28.7 Å². The third-order valence-electron chi connectivity index (χ3n) is 6.98. The molecule has 0 spiro atoms. The van der Waals surface area contributed by atoms with Crippen molar-refractivity contribution < 1.29 is 18.0 Å². The molecule has 0 aliphatic rings. The van der Waals surface area contributed by atoms with E-state index in [4.69, 9.17) is 23.2 Å². The molecule has 10 heteroatoms. The molecule has 2 amide bonds. The SMILES string of the molecule is CCC(C(=O)NCC(C)C)N(Cc1c(Cl)cccc1Cl)C(=O)CN(c1cc(C)ccc1C)S(=O)(=O)c1ccc(C)cc1. The van der Waals surface area contributed by atoms with E-state index in [2.05, 4.69) is 5.32 Å². The molecular weight excluding hydrogens is 593 g/mol. The van der Waals surface area contributed by atoms with Crippen LogP contribution in [0.2, 0.25) is 10.0 Å². The van der Waals surface area contributed by atoms with Crippen LogP contribution in [0.25, 0.3) is 0 Å². The van der Waals surface area contributed by atoms with Crippen LogP contribution < -0.4 is 9.62 Å². The highest BCUT2D eigenvalue weighted by Gasteiger charge is 2.34. The largest absolute Gasteiger partial charge is 0.354 e. The van der Waals surface area contributed by atoms with Gasteiger partial charge in [0.25, 0.3) is 10.0 Å². The van der Waals surface area contributed by atoms with Crippen molar-refractivity contribution in [3.05, 3.63) is 93.0 Å². The number of carbonyl (C=O) groups is 2. The first-order chi connectivity index (χ1) is 19.8. The summed E-state index contributed by atoms with van der Waals surface area (Å²) in [6.07, 6.45) is 0.298. The molecule has 226 valence electrons. The average Bonchev–Trinajstić information content (AvgIpc) is 2.93. The summed E-state index contributed by atoms with van der Waals surface area (Å²) >= 11 is 13.0. The lowest BCUT2D eigenvalue weighted by Gasteiger charge is -2.34. The van der Waals surface area contributed by atoms with Gasteiger partial charge in [-0.25, -0.2) is 8.42 Å². The van der Waals surface area contributed by atoms with Crippen molar-refractivity contribution in [2.45, 2.75) is 65.4 Å². The van der Waals surface area contributed by atoms with Crippen molar-refractivity contribution in [2.75, 3.05) is 17.4 Å². The normalized spacial score (nSPS) is 12.2. The minimum absolute atomic E-state index is 0.0595. The number of benzene rings is 3. The van der Waals surface area contributed by atoms with Crippen LogP contribution in [0.1, 0.15) is 49.4 Å². The summed E-state index contributed by atoms with van der Waals surface area (Å²) in [7, 11) is -4.17. The molecule has 3 aromatic carbocycles. The molecule has 0 fully saturated rings. The van der Waals surface area contributed by atoms with E-state index in [0.717, 1.165) is 15.4 Å². The monoisotopic (exact) mass is 631 g/mol. The second-order valence-electron chi connectivity index (χ2n) is 10.9. The third kappa shape index (κ3) is 8.06. The summed E-state index contributed by atoms with van der Waals surface area (Å²) in [6.45, 7) is 11.1. The third-order valence-corrected chi connectivity index (χ3v) is 9.46. The van der Waals surface area contributed by atoms with Crippen LogP contribution in [0.3, 0.4) is 0 Å². The van der Waals surface area contributed by atoms with E-state index < -0.39 is 28.5 Å². The summed E-state index contributed by atoms with van der Waals surface area (Å²) in [6, 6.07) is 16.1. The maximum Gasteiger partial charge on any atom is 0.264 e. The van der Waals surface area contributed by atoms with E-state index in [1.165, 1.54) is 17.0 Å². The number of hydrogen-bond acceptors (Lipinski definition) is 4. The van der Waals surface area contributed by atoms with E-state index in [1.54, 1.807) is 50.2 Å². The molecule has 0 saturated carbocycles. The number of nitrogens with zero attached hydrogens (tertiary/aromatic N) is 2. The summed E-state index contributed by atoms with van der Waals surface area (Å²) in [5.41, 5.74) is 3.29. The van der Waals surface area contributed by atoms with Gasteiger partial charge >= 0.3 is 0 Å². The van der Waals surface area contributed by atoms with Crippen molar-refractivity contribution in [1.29, 1.82) is 0 Å². The Hall–Kier alpha value is -3.07. The van der Waals surface area contributed by atoms with Crippen molar-refractivity contribution in [3.8, 4) is 0 Å². The molecule has 7 nitrogen and oxygen atoms in total. The predicted octanol–water partition coefficient (Wildman–Crippen LogP) is 6.69. The summed E-state index contributed by atoms with van der Waals surface area (Å²) in [4.78, 5) is 29.1. The second kappa shape index (κ2) is 14.4. The molecule has 3 rings (SSSR count). The van der Waals surface area contributed by atoms with E-state index >= 15 is 0 Å². The first-order valence-corrected chi connectivity index (χ1v) is 16.1. The highest BCUT2D eigenvalue weighted by Crippen LogP contribution is 2.30. The Morgan fingerprint density at radius 3 is 2.07 bits per heavy atom. The fourth-order valence-corrected chi connectivity index (χ4v) is 6.52. The zero-order valence-corrected chi connectivity index (χ0v) is 27.3. The number of amides is 2. The Labute approximate surface area is 259 Å². The molecule has 0 bridgehead atoms. The van der Waals surface area contributed by atoms with Gasteiger partial charge in [0.15, 0.2) is 0 Å². The van der Waals surface area contributed by atoms with Crippen molar-refractivity contribution in [1.82, 2.24) is 10.2 Å². The first kappa shape index (κ1) is 33.4. The van der Waals surface area contributed by atoms with Gasteiger partial charge in [0.1, 0.15) is 12.6 Å². The van der Waals surface area contributed by atoms with Gasteiger partial charge < -0.3 is 10.2 Å². The molecule has 3 aromatic rings. The minimum atomic E-state index is -4.17. The van der Waals surface area contributed by atoms with Gasteiger partial charge in [-0.3, -0.25) is 13.9 Å². The molecule has 0 heterocycles. The number of rotatable bonds is 12. The number of hydrogen-bond donors (Lipinski definition) is 1. The highest BCUT2D eigenvalue weighted by atomic mass is 35.5. The molecule has 0 aliphatic heterocycles. The highest BCUT2D eigenvalue weighted by molar-refractivity contribution is 7.92. The maximum absolute atomic E-state index is 14.3. The van der Waals surface area contributed by atoms with Crippen LogP contribution in [0.15, 0.2) is 65.6 Å². The zero-order chi connectivity index (χ0) is 31.2. The summed E-state index contributed by atoms with van der Waals surface area (Å²) in [5, 5.41) is 3.60. The standard InChI is InChI=1S/C32H39Cl2N3O4S/c1-7-29(32(39)35-18-21(2)3)36(19-26-27(33)9-8-10-28(26)34)31(38)20-37(30-17-23(5)11-14-24(30)6)42(40,41)25-15-12-22(4)13-16-25/h8-17,21,29H,7,18-20H2,1-6H3,(H,35,39).